The van der Waals surface area contributed by atoms with Crippen LogP contribution in [0.15, 0.2) is 45.0 Å². The molecule has 0 aliphatic heterocycles. The minimum Gasteiger partial charge on any atom is -0.459 e. The highest BCUT2D eigenvalue weighted by atomic mass is 32.2. The summed E-state index contributed by atoms with van der Waals surface area (Å²) in [4.78, 5) is 16.1. The molecule has 0 amide bonds. The Morgan fingerprint density at radius 1 is 1.35 bits per heavy atom. The number of hydrogen-bond acceptors (Lipinski definition) is 5. The molecule has 0 fully saturated rings. The molecule has 122 valence electrons. The van der Waals surface area contributed by atoms with Crippen molar-refractivity contribution in [2.24, 2.45) is 7.05 Å². The van der Waals surface area contributed by atoms with Gasteiger partial charge in [0, 0.05) is 37.9 Å². The number of imidazole rings is 1. The summed E-state index contributed by atoms with van der Waals surface area (Å²) >= 11 is 0. The van der Waals surface area contributed by atoms with Crippen molar-refractivity contribution < 1.29 is 12.8 Å². The molecule has 3 heterocycles. The van der Waals surface area contributed by atoms with Crippen LogP contribution in [-0.2, 0) is 23.6 Å². The highest BCUT2D eigenvalue weighted by Gasteiger charge is 2.18. The molecule has 3 rings (SSSR count). The maximum Gasteiger partial charge on any atom is 0.294 e. The van der Waals surface area contributed by atoms with Gasteiger partial charge in [-0.2, -0.15) is 0 Å². The normalized spacial score (nSPS) is 12.1. The Hall–Kier alpha value is -2.39. The fourth-order valence-corrected chi connectivity index (χ4v) is 3.26. The van der Waals surface area contributed by atoms with Gasteiger partial charge in [-0.1, -0.05) is 0 Å². The summed E-state index contributed by atoms with van der Waals surface area (Å²) in [6.45, 7) is 1.99. The molecule has 9 heteroatoms. The smallest absolute Gasteiger partial charge is 0.294 e. The molecule has 23 heavy (non-hydrogen) atoms. The number of pyridine rings is 1. The first-order valence-electron chi connectivity index (χ1n) is 6.95. The Bertz CT molecular complexity index is 993. The van der Waals surface area contributed by atoms with Gasteiger partial charge in [-0.05, 0) is 19.1 Å². The maximum atomic E-state index is 12.2. The van der Waals surface area contributed by atoms with Crippen molar-refractivity contribution >= 4 is 21.0 Å². The number of aryl methyl sites for hydroxylation is 2. The van der Waals surface area contributed by atoms with Gasteiger partial charge < -0.3 is 13.6 Å². The molecule has 0 unspecified atom stereocenters. The predicted octanol–water partition coefficient (Wildman–Crippen LogP) is 0.615. The largest absolute Gasteiger partial charge is 0.459 e. The van der Waals surface area contributed by atoms with E-state index in [0.29, 0.717) is 5.82 Å². The molecule has 1 N–H and O–H groups in total. The molecule has 0 saturated carbocycles. The zero-order valence-corrected chi connectivity index (χ0v) is 13.5. The first kappa shape index (κ1) is 15.5. The molecule has 0 aromatic carbocycles. The second-order valence-electron chi connectivity index (χ2n) is 5.15. The van der Waals surface area contributed by atoms with Gasteiger partial charge in [-0.15, -0.1) is 0 Å². The van der Waals surface area contributed by atoms with E-state index >= 15 is 0 Å². The van der Waals surface area contributed by atoms with E-state index < -0.39 is 10.0 Å². The quantitative estimate of drug-likeness (QED) is 0.736. The Balaban J connectivity index is 1.73. The lowest BCUT2D eigenvalue weighted by Crippen LogP contribution is -2.30. The lowest BCUT2D eigenvalue weighted by Gasteiger charge is -2.06. The van der Waals surface area contributed by atoms with Gasteiger partial charge in [-0.3, -0.25) is 4.79 Å². The van der Waals surface area contributed by atoms with E-state index in [4.69, 9.17) is 4.42 Å². The number of rotatable bonds is 5. The standard InChI is InChI=1S/C14H16N4O4S/c1-10-16-12(9-17(10)2)23(20,21)15-5-7-18-6-3-11-4-8-22-13(11)14(18)19/h3-4,6,8-9,15H,5,7H2,1-2H3. The summed E-state index contributed by atoms with van der Waals surface area (Å²) in [7, 11) is -1.98. The van der Waals surface area contributed by atoms with Gasteiger partial charge in [0.05, 0.1) is 6.26 Å². The van der Waals surface area contributed by atoms with Crippen molar-refractivity contribution in [2.45, 2.75) is 18.5 Å². The number of aromatic nitrogens is 3. The van der Waals surface area contributed by atoms with Crippen LogP contribution in [0.5, 0.6) is 0 Å². The molecule has 0 radical (unpaired) electrons. The van der Waals surface area contributed by atoms with Crippen molar-refractivity contribution in [3.05, 3.63) is 47.0 Å². The van der Waals surface area contributed by atoms with E-state index in [1.54, 1.807) is 36.9 Å². The zero-order valence-electron chi connectivity index (χ0n) is 12.7. The monoisotopic (exact) mass is 336 g/mol. The highest BCUT2D eigenvalue weighted by Crippen LogP contribution is 2.10. The third-order valence-electron chi connectivity index (χ3n) is 3.59. The van der Waals surface area contributed by atoms with Crippen LogP contribution in [0.25, 0.3) is 11.0 Å². The summed E-state index contributed by atoms with van der Waals surface area (Å²) in [5.74, 6) is 0.602. The van der Waals surface area contributed by atoms with Crippen LogP contribution in [0, 0.1) is 6.92 Å². The van der Waals surface area contributed by atoms with E-state index in [1.807, 2.05) is 0 Å². The van der Waals surface area contributed by atoms with Crippen molar-refractivity contribution in [1.82, 2.24) is 18.8 Å². The number of hydrogen-bond donors (Lipinski definition) is 1. The number of nitrogens with one attached hydrogen (secondary N) is 1. The molecule has 0 atom stereocenters. The first-order chi connectivity index (χ1) is 10.9. The van der Waals surface area contributed by atoms with Crippen LogP contribution in [0.2, 0.25) is 0 Å². The average Bonchev–Trinajstić information content (AvgIpc) is 3.10. The van der Waals surface area contributed by atoms with E-state index in [1.165, 1.54) is 17.0 Å². The summed E-state index contributed by atoms with van der Waals surface area (Å²) < 4.78 is 34.9. The lowest BCUT2D eigenvalue weighted by molar-refractivity contribution is 0.564. The van der Waals surface area contributed by atoms with E-state index in [2.05, 4.69) is 9.71 Å². The molecule has 0 aliphatic carbocycles. The van der Waals surface area contributed by atoms with Crippen LogP contribution in [-0.4, -0.2) is 29.1 Å². The van der Waals surface area contributed by atoms with Gasteiger partial charge >= 0.3 is 0 Å². The Morgan fingerprint density at radius 3 is 2.83 bits per heavy atom. The molecular weight excluding hydrogens is 320 g/mol. The van der Waals surface area contributed by atoms with Crippen LogP contribution >= 0.6 is 0 Å². The second kappa shape index (κ2) is 5.67. The van der Waals surface area contributed by atoms with Crippen LogP contribution in [0.1, 0.15) is 5.82 Å². The summed E-state index contributed by atoms with van der Waals surface area (Å²) in [5, 5.41) is 0.683. The predicted molar refractivity (Wildman–Crippen MR) is 83.6 cm³/mol. The molecule has 8 nitrogen and oxygen atoms in total. The van der Waals surface area contributed by atoms with Gasteiger partial charge in [0.15, 0.2) is 10.6 Å². The molecule has 0 spiro atoms. The van der Waals surface area contributed by atoms with Crippen LogP contribution in [0.3, 0.4) is 0 Å². The van der Waals surface area contributed by atoms with Crippen molar-refractivity contribution in [2.75, 3.05) is 6.54 Å². The lowest BCUT2D eigenvalue weighted by atomic mass is 10.3. The number of sulfonamides is 1. The van der Waals surface area contributed by atoms with E-state index in [-0.39, 0.29) is 29.3 Å². The molecular formula is C14H16N4O4S. The second-order valence-corrected chi connectivity index (χ2v) is 6.87. The van der Waals surface area contributed by atoms with Crippen LogP contribution in [0.4, 0.5) is 0 Å². The van der Waals surface area contributed by atoms with Gasteiger partial charge in [0.25, 0.3) is 15.6 Å². The number of nitrogens with zero attached hydrogens (tertiary/aromatic N) is 3. The van der Waals surface area contributed by atoms with Gasteiger partial charge in [-0.25, -0.2) is 18.1 Å². The van der Waals surface area contributed by atoms with Crippen molar-refractivity contribution in [1.29, 1.82) is 0 Å². The Kier molecular flexibility index (Phi) is 3.82. The molecule has 3 aromatic rings. The minimum absolute atomic E-state index is 0.0358. The van der Waals surface area contributed by atoms with Gasteiger partial charge in [0.2, 0.25) is 0 Å². The first-order valence-corrected chi connectivity index (χ1v) is 8.43. The maximum absolute atomic E-state index is 12.2. The topological polar surface area (TPSA) is 99.1 Å². The highest BCUT2D eigenvalue weighted by molar-refractivity contribution is 7.89. The molecule has 0 saturated heterocycles. The van der Waals surface area contributed by atoms with Crippen LogP contribution < -0.4 is 10.3 Å². The SMILES string of the molecule is Cc1nc(S(=O)(=O)NCCn2ccc3ccoc3c2=O)cn1C. The molecule has 0 bridgehead atoms. The third-order valence-corrected chi connectivity index (χ3v) is 4.92. The van der Waals surface area contributed by atoms with Gasteiger partial charge in [0.1, 0.15) is 5.82 Å². The average molecular weight is 336 g/mol. The fraction of sp³-hybridized carbons (Fsp3) is 0.286. The van der Waals surface area contributed by atoms with E-state index in [0.717, 1.165) is 5.39 Å². The summed E-state index contributed by atoms with van der Waals surface area (Å²) in [6.07, 6.45) is 4.50. The Labute approximate surface area is 132 Å². The fourth-order valence-electron chi connectivity index (χ4n) is 2.20. The Morgan fingerprint density at radius 2 is 2.13 bits per heavy atom. The minimum atomic E-state index is -3.70. The summed E-state index contributed by atoms with van der Waals surface area (Å²) in [5.41, 5.74) is -0.0314. The molecule has 0 aliphatic rings. The molecule has 3 aromatic heterocycles. The van der Waals surface area contributed by atoms with Crippen molar-refractivity contribution in [3.8, 4) is 0 Å². The zero-order chi connectivity index (χ0) is 16.6. The summed E-state index contributed by atoms with van der Waals surface area (Å²) in [6, 6.07) is 3.45. The number of fused-ring (bicyclic) bond motifs is 1. The number of furan rings is 1. The third kappa shape index (κ3) is 2.92. The van der Waals surface area contributed by atoms with Crippen molar-refractivity contribution in [3.63, 3.8) is 0 Å². The van der Waals surface area contributed by atoms with E-state index in [9.17, 15) is 13.2 Å².